The van der Waals surface area contributed by atoms with E-state index in [0.29, 0.717) is 11.3 Å². The van der Waals surface area contributed by atoms with Crippen molar-refractivity contribution in [1.29, 1.82) is 0 Å². The highest BCUT2D eigenvalue weighted by molar-refractivity contribution is 5.67. The molecule has 0 radical (unpaired) electrons. The Bertz CT molecular complexity index is 779. The number of hydrogen-bond donors (Lipinski definition) is 1. The lowest BCUT2D eigenvalue weighted by atomic mass is 10.00. The molecule has 0 bridgehead atoms. The zero-order chi connectivity index (χ0) is 15.0. The van der Waals surface area contributed by atoms with Crippen LogP contribution in [-0.4, -0.2) is 14.5 Å². The summed E-state index contributed by atoms with van der Waals surface area (Å²) in [7, 11) is 0. The van der Waals surface area contributed by atoms with Crippen molar-refractivity contribution in [3.63, 3.8) is 0 Å². The van der Waals surface area contributed by atoms with Gasteiger partial charge in [-0.25, -0.2) is 9.37 Å². The van der Waals surface area contributed by atoms with Crippen molar-refractivity contribution in [3.8, 4) is 11.3 Å². The quantitative estimate of drug-likeness (QED) is 0.793. The van der Waals surface area contributed by atoms with Crippen molar-refractivity contribution in [1.82, 2.24) is 9.38 Å². The van der Waals surface area contributed by atoms with Gasteiger partial charge in [0.25, 0.3) is 0 Å². The number of pyridine rings is 1. The molecule has 0 saturated heterocycles. The maximum atomic E-state index is 13.6. The zero-order valence-corrected chi connectivity index (χ0v) is 12.0. The fraction of sp³-hybridized carbons (Fsp3) is 0.235. The van der Waals surface area contributed by atoms with Gasteiger partial charge in [-0.1, -0.05) is 32.0 Å². The molecule has 2 aromatic heterocycles. The van der Waals surface area contributed by atoms with Gasteiger partial charge in [0.15, 0.2) is 0 Å². The third-order valence-electron chi connectivity index (χ3n) is 3.57. The van der Waals surface area contributed by atoms with Gasteiger partial charge in [-0.3, -0.25) is 4.40 Å². The van der Waals surface area contributed by atoms with Crippen LogP contribution in [0.2, 0.25) is 0 Å². The molecule has 4 heteroatoms. The van der Waals surface area contributed by atoms with Gasteiger partial charge >= 0.3 is 0 Å². The zero-order valence-electron chi connectivity index (χ0n) is 12.0. The molecule has 0 aliphatic heterocycles. The first-order valence-corrected chi connectivity index (χ1v) is 6.99. The number of halogens is 1. The number of aliphatic hydroxyl groups is 1. The fourth-order valence-corrected chi connectivity index (χ4v) is 2.46. The van der Waals surface area contributed by atoms with Crippen molar-refractivity contribution in [3.05, 3.63) is 60.2 Å². The number of fused-ring (bicyclic) bond motifs is 1. The molecule has 3 rings (SSSR count). The smallest absolute Gasteiger partial charge is 0.137 e. The number of hydrogen-bond acceptors (Lipinski definition) is 2. The van der Waals surface area contributed by atoms with E-state index in [1.165, 1.54) is 12.1 Å². The van der Waals surface area contributed by atoms with Gasteiger partial charge in [0.05, 0.1) is 11.4 Å². The molecule has 1 N–H and O–H groups in total. The number of aliphatic hydroxyl groups excluding tert-OH is 1. The average molecular weight is 284 g/mol. The molecule has 1 atom stereocenters. The van der Waals surface area contributed by atoms with Crippen LogP contribution in [0.4, 0.5) is 4.39 Å². The van der Waals surface area contributed by atoms with Crippen LogP contribution in [0.25, 0.3) is 16.9 Å². The topological polar surface area (TPSA) is 37.5 Å². The van der Waals surface area contributed by atoms with Crippen LogP contribution in [0.3, 0.4) is 0 Å². The van der Waals surface area contributed by atoms with E-state index in [9.17, 15) is 9.50 Å². The van der Waals surface area contributed by atoms with Crippen LogP contribution < -0.4 is 0 Å². The summed E-state index contributed by atoms with van der Waals surface area (Å²) in [6.07, 6.45) is 1.18. The Balaban J connectivity index is 2.30. The predicted molar refractivity (Wildman–Crippen MR) is 80.4 cm³/mol. The molecule has 0 saturated carbocycles. The Hall–Kier alpha value is -2.20. The minimum absolute atomic E-state index is 0.0298. The van der Waals surface area contributed by atoms with Crippen LogP contribution in [0, 0.1) is 11.7 Å². The Labute approximate surface area is 122 Å². The number of rotatable bonds is 3. The molecule has 108 valence electrons. The molecule has 0 amide bonds. The Kier molecular flexibility index (Phi) is 3.47. The van der Waals surface area contributed by atoms with Gasteiger partial charge in [0, 0.05) is 11.8 Å². The summed E-state index contributed by atoms with van der Waals surface area (Å²) in [5.74, 6) is -0.273. The third-order valence-corrected chi connectivity index (χ3v) is 3.57. The predicted octanol–water partition coefficient (Wildman–Crippen LogP) is 3.83. The maximum absolute atomic E-state index is 13.6. The Morgan fingerprint density at radius 2 is 1.95 bits per heavy atom. The molecule has 1 aromatic carbocycles. The second kappa shape index (κ2) is 5.30. The number of aromatic nitrogens is 2. The SMILES string of the molecule is CC(C)C(O)c1nc2ccccn2c1-c1cccc(F)c1. The van der Waals surface area contributed by atoms with E-state index in [1.54, 1.807) is 6.07 Å². The minimum atomic E-state index is -0.692. The molecule has 0 spiro atoms. The van der Waals surface area contributed by atoms with Crippen LogP contribution in [0.1, 0.15) is 25.6 Å². The highest BCUT2D eigenvalue weighted by Crippen LogP contribution is 2.32. The van der Waals surface area contributed by atoms with Gasteiger partial charge in [0.2, 0.25) is 0 Å². The number of benzene rings is 1. The summed E-state index contributed by atoms with van der Waals surface area (Å²) >= 11 is 0. The summed E-state index contributed by atoms with van der Waals surface area (Å²) in [4.78, 5) is 4.53. The molecule has 0 aliphatic carbocycles. The van der Waals surface area contributed by atoms with E-state index in [4.69, 9.17) is 0 Å². The van der Waals surface area contributed by atoms with E-state index >= 15 is 0 Å². The van der Waals surface area contributed by atoms with Crippen LogP contribution in [0.15, 0.2) is 48.7 Å². The molecule has 21 heavy (non-hydrogen) atoms. The van der Waals surface area contributed by atoms with E-state index in [0.717, 1.165) is 11.3 Å². The molecule has 3 aromatic rings. The number of nitrogens with zero attached hydrogens (tertiary/aromatic N) is 2. The standard InChI is InChI=1S/C17H17FN2O/c1-11(2)17(21)15-16(12-6-5-7-13(18)10-12)20-9-4-3-8-14(20)19-15/h3-11,17,21H,1-2H3. The van der Waals surface area contributed by atoms with E-state index in [-0.39, 0.29) is 11.7 Å². The fourth-order valence-electron chi connectivity index (χ4n) is 2.46. The number of imidazole rings is 1. The Morgan fingerprint density at radius 3 is 2.67 bits per heavy atom. The largest absolute Gasteiger partial charge is 0.386 e. The van der Waals surface area contributed by atoms with Crippen molar-refractivity contribution in [2.45, 2.75) is 20.0 Å². The molecule has 3 nitrogen and oxygen atoms in total. The van der Waals surface area contributed by atoms with Crippen molar-refractivity contribution in [2.24, 2.45) is 5.92 Å². The van der Waals surface area contributed by atoms with Crippen molar-refractivity contribution < 1.29 is 9.50 Å². The lowest BCUT2D eigenvalue weighted by Gasteiger charge is -2.14. The molecule has 2 heterocycles. The lowest BCUT2D eigenvalue weighted by molar-refractivity contribution is 0.123. The molecule has 1 unspecified atom stereocenters. The third kappa shape index (κ3) is 2.43. The first-order chi connectivity index (χ1) is 10.1. The summed E-state index contributed by atoms with van der Waals surface area (Å²) in [6.45, 7) is 3.87. The normalized spacial score (nSPS) is 13.0. The van der Waals surface area contributed by atoms with Crippen LogP contribution in [-0.2, 0) is 0 Å². The van der Waals surface area contributed by atoms with Crippen LogP contribution >= 0.6 is 0 Å². The monoisotopic (exact) mass is 284 g/mol. The molecule has 0 fully saturated rings. The summed E-state index contributed by atoms with van der Waals surface area (Å²) in [5, 5.41) is 10.4. The summed E-state index contributed by atoms with van der Waals surface area (Å²) in [6, 6.07) is 12.0. The van der Waals surface area contributed by atoms with Gasteiger partial charge < -0.3 is 5.11 Å². The molecular weight excluding hydrogens is 267 g/mol. The van der Waals surface area contributed by atoms with Gasteiger partial charge in [0.1, 0.15) is 17.6 Å². The van der Waals surface area contributed by atoms with E-state index in [2.05, 4.69) is 4.98 Å². The molecular formula is C17H17FN2O. The van der Waals surface area contributed by atoms with E-state index in [1.807, 2.05) is 48.7 Å². The van der Waals surface area contributed by atoms with E-state index < -0.39 is 6.10 Å². The first kappa shape index (κ1) is 13.8. The highest BCUT2D eigenvalue weighted by Gasteiger charge is 2.22. The second-order valence-corrected chi connectivity index (χ2v) is 5.47. The van der Waals surface area contributed by atoms with Crippen molar-refractivity contribution in [2.75, 3.05) is 0 Å². The minimum Gasteiger partial charge on any atom is -0.386 e. The van der Waals surface area contributed by atoms with Crippen LogP contribution in [0.5, 0.6) is 0 Å². The van der Waals surface area contributed by atoms with Gasteiger partial charge in [-0.2, -0.15) is 0 Å². The second-order valence-electron chi connectivity index (χ2n) is 5.47. The average Bonchev–Trinajstić information content (AvgIpc) is 2.85. The lowest BCUT2D eigenvalue weighted by Crippen LogP contribution is -2.07. The summed E-state index contributed by atoms with van der Waals surface area (Å²) in [5.41, 5.74) is 2.78. The van der Waals surface area contributed by atoms with Gasteiger partial charge in [-0.15, -0.1) is 0 Å². The Morgan fingerprint density at radius 1 is 1.14 bits per heavy atom. The highest BCUT2D eigenvalue weighted by atomic mass is 19.1. The molecule has 0 aliphatic rings. The maximum Gasteiger partial charge on any atom is 0.137 e. The summed E-state index contributed by atoms with van der Waals surface area (Å²) < 4.78 is 15.4. The van der Waals surface area contributed by atoms with Gasteiger partial charge in [-0.05, 0) is 30.2 Å². The van der Waals surface area contributed by atoms with Crippen molar-refractivity contribution >= 4 is 5.65 Å². The first-order valence-electron chi connectivity index (χ1n) is 6.99.